The fourth-order valence-corrected chi connectivity index (χ4v) is 2.88. The van der Waals surface area contributed by atoms with Crippen LogP contribution in [0.1, 0.15) is 21.7 Å². The van der Waals surface area contributed by atoms with Crippen molar-refractivity contribution in [1.82, 2.24) is 4.57 Å². The number of nitrogens with zero attached hydrogens (tertiary/aromatic N) is 2. The standard InChI is InChI=1S/C17H17ClN2O3/c1-10-6-13(11(2)19(10)3)15(21)8-20-14-7-12(18)4-5-16(14)23-9-17(20)22/h4-7H,8-9H2,1-3H3. The maximum atomic E-state index is 12.7. The number of fused-ring (bicyclic) bond motifs is 1. The summed E-state index contributed by atoms with van der Waals surface area (Å²) >= 11 is 6.01. The topological polar surface area (TPSA) is 51.5 Å². The van der Waals surface area contributed by atoms with Crippen LogP contribution in [0.5, 0.6) is 5.75 Å². The molecule has 6 heteroatoms. The third-order valence-corrected chi connectivity index (χ3v) is 4.48. The van der Waals surface area contributed by atoms with Crippen LogP contribution in [0.15, 0.2) is 24.3 Å². The van der Waals surface area contributed by atoms with E-state index in [2.05, 4.69) is 0 Å². The maximum Gasteiger partial charge on any atom is 0.265 e. The minimum absolute atomic E-state index is 0.0279. The first-order chi connectivity index (χ1) is 10.9. The molecule has 1 aromatic carbocycles. The second-order valence-corrected chi connectivity index (χ2v) is 6.08. The van der Waals surface area contributed by atoms with E-state index in [0.29, 0.717) is 22.0 Å². The quantitative estimate of drug-likeness (QED) is 0.812. The van der Waals surface area contributed by atoms with Gasteiger partial charge in [0.2, 0.25) is 0 Å². The maximum absolute atomic E-state index is 12.7. The average Bonchev–Trinajstić information content (AvgIpc) is 2.78. The Morgan fingerprint density at radius 1 is 1.30 bits per heavy atom. The van der Waals surface area contributed by atoms with E-state index in [1.54, 1.807) is 18.2 Å². The Labute approximate surface area is 139 Å². The molecule has 3 rings (SSSR count). The number of anilines is 1. The van der Waals surface area contributed by atoms with Crippen molar-refractivity contribution in [2.45, 2.75) is 13.8 Å². The molecule has 1 aromatic heterocycles. The summed E-state index contributed by atoms with van der Waals surface area (Å²) in [5.41, 5.74) is 3.06. The lowest BCUT2D eigenvalue weighted by Gasteiger charge is -2.29. The van der Waals surface area contributed by atoms with Gasteiger partial charge in [-0.3, -0.25) is 14.5 Å². The summed E-state index contributed by atoms with van der Waals surface area (Å²) in [5.74, 6) is 0.202. The second-order valence-electron chi connectivity index (χ2n) is 5.65. The summed E-state index contributed by atoms with van der Waals surface area (Å²) in [7, 11) is 1.91. The lowest BCUT2D eigenvalue weighted by molar-refractivity contribution is -0.121. The molecule has 0 radical (unpaired) electrons. The Balaban J connectivity index is 1.93. The van der Waals surface area contributed by atoms with E-state index in [4.69, 9.17) is 16.3 Å². The third-order valence-electron chi connectivity index (χ3n) is 4.24. The van der Waals surface area contributed by atoms with Gasteiger partial charge in [-0.1, -0.05) is 11.6 Å². The molecule has 120 valence electrons. The molecule has 0 spiro atoms. The van der Waals surface area contributed by atoms with Crippen molar-refractivity contribution in [3.05, 3.63) is 46.2 Å². The number of aryl methyl sites for hydroxylation is 1. The first-order valence-electron chi connectivity index (χ1n) is 7.27. The van der Waals surface area contributed by atoms with Crippen LogP contribution < -0.4 is 9.64 Å². The number of amides is 1. The Kier molecular flexibility index (Phi) is 3.90. The summed E-state index contributed by atoms with van der Waals surface area (Å²) in [5, 5.41) is 0.492. The lowest BCUT2D eigenvalue weighted by atomic mass is 10.1. The number of carbonyl (C=O) groups is 2. The molecule has 5 nitrogen and oxygen atoms in total. The van der Waals surface area contributed by atoms with Gasteiger partial charge < -0.3 is 9.30 Å². The molecule has 1 amide bonds. The summed E-state index contributed by atoms with van der Waals surface area (Å²) in [6, 6.07) is 6.90. The first-order valence-corrected chi connectivity index (χ1v) is 7.65. The number of halogens is 1. The number of ether oxygens (including phenoxy) is 1. The fourth-order valence-electron chi connectivity index (χ4n) is 2.72. The fraction of sp³-hybridized carbons (Fsp3) is 0.294. The van der Waals surface area contributed by atoms with Gasteiger partial charge in [0.1, 0.15) is 5.75 Å². The zero-order valence-corrected chi connectivity index (χ0v) is 14.0. The van der Waals surface area contributed by atoms with Gasteiger partial charge in [-0.2, -0.15) is 0 Å². The van der Waals surface area contributed by atoms with Crippen LogP contribution in [0.25, 0.3) is 0 Å². The van der Waals surface area contributed by atoms with Gasteiger partial charge in [0, 0.05) is 29.0 Å². The zero-order chi connectivity index (χ0) is 16.7. The largest absolute Gasteiger partial charge is 0.482 e. The second kappa shape index (κ2) is 5.74. The minimum Gasteiger partial charge on any atom is -0.482 e. The summed E-state index contributed by atoms with van der Waals surface area (Å²) < 4.78 is 7.35. The van der Waals surface area contributed by atoms with Gasteiger partial charge in [-0.15, -0.1) is 0 Å². The van der Waals surface area contributed by atoms with E-state index in [1.165, 1.54) is 4.90 Å². The predicted molar refractivity (Wildman–Crippen MR) is 88.5 cm³/mol. The van der Waals surface area contributed by atoms with Gasteiger partial charge in [0.05, 0.1) is 12.2 Å². The molecule has 2 heterocycles. The van der Waals surface area contributed by atoms with Crippen molar-refractivity contribution >= 4 is 29.0 Å². The molecule has 0 saturated carbocycles. The molecule has 23 heavy (non-hydrogen) atoms. The highest BCUT2D eigenvalue weighted by molar-refractivity contribution is 6.31. The van der Waals surface area contributed by atoms with Crippen molar-refractivity contribution in [2.75, 3.05) is 18.1 Å². The third kappa shape index (κ3) is 2.72. The van der Waals surface area contributed by atoms with Crippen LogP contribution in [0.4, 0.5) is 5.69 Å². The van der Waals surface area contributed by atoms with Crippen LogP contribution in [-0.2, 0) is 11.8 Å². The van der Waals surface area contributed by atoms with E-state index in [1.807, 2.05) is 31.5 Å². The number of rotatable bonds is 3. The molecule has 0 aliphatic carbocycles. The van der Waals surface area contributed by atoms with E-state index in [-0.39, 0.29) is 24.8 Å². The van der Waals surface area contributed by atoms with Crippen LogP contribution in [-0.4, -0.2) is 29.4 Å². The van der Waals surface area contributed by atoms with Crippen LogP contribution in [0.2, 0.25) is 5.02 Å². The lowest BCUT2D eigenvalue weighted by Crippen LogP contribution is -2.42. The van der Waals surface area contributed by atoms with E-state index < -0.39 is 0 Å². The van der Waals surface area contributed by atoms with Crippen LogP contribution in [0.3, 0.4) is 0 Å². The summed E-state index contributed by atoms with van der Waals surface area (Å²) in [6.07, 6.45) is 0. The van der Waals surface area contributed by atoms with Gasteiger partial charge >= 0.3 is 0 Å². The molecular weight excluding hydrogens is 316 g/mol. The van der Waals surface area contributed by atoms with E-state index >= 15 is 0 Å². The normalized spacial score (nSPS) is 13.7. The van der Waals surface area contributed by atoms with Crippen molar-refractivity contribution in [3.8, 4) is 5.75 Å². The molecule has 0 fully saturated rings. The molecular formula is C17H17ClN2O3. The van der Waals surface area contributed by atoms with Gasteiger partial charge in [0.15, 0.2) is 12.4 Å². The molecule has 1 aliphatic heterocycles. The Morgan fingerprint density at radius 3 is 2.70 bits per heavy atom. The molecule has 0 bridgehead atoms. The zero-order valence-electron chi connectivity index (χ0n) is 13.2. The number of hydrogen-bond acceptors (Lipinski definition) is 3. The molecule has 0 unspecified atom stereocenters. The van der Waals surface area contributed by atoms with E-state index in [9.17, 15) is 9.59 Å². The monoisotopic (exact) mass is 332 g/mol. The highest BCUT2D eigenvalue weighted by Crippen LogP contribution is 2.34. The molecule has 2 aromatic rings. The number of hydrogen-bond donors (Lipinski definition) is 0. The van der Waals surface area contributed by atoms with Crippen molar-refractivity contribution in [2.24, 2.45) is 7.05 Å². The Bertz CT molecular complexity index is 810. The SMILES string of the molecule is Cc1cc(C(=O)CN2C(=O)COc3ccc(Cl)cc32)c(C)n1C. The minimum atomic E-state index is -0.251. The number of carbonyl (C=O) groups excluding carboxylic acids is 2. The van der Waals surface area contributed by atoms with Crippen LogP contribution >= 0.6 is 11.6 Å². The number of Topliss-reactive ketones (excluding diaryl/α,β-unsaturated/α-hetero) is 1. The van der Waals surface area contributed by atoms with Gasteiger partial charge in [0.25, 0.3) is 5.91 Å². The predicted octanol–water partition coefficient (Wildman–Crippen LogP) is 2.90. The highest BCUT2D eigenvalue weighted by atomic mass is 35.5. The summed E-state index contributed by atoms with van der Waals surface area (Å²) in [6.45, 7) is 3.74. The van der Waals surface area contributed by atoms with Gasteiger partial charge in [-0.05, 0) is 38.1 Å². The van der Waals surface area contributed by atoms with Crippen LogP contribution in [0, 0.1) is 13.8 Å². The van der Waals surface area contributed by atoms with Crippen molar-refractivity contribution in [1.29, 1.82) is 0 Å². The average molecular weight is 333 g/mol. The Hall–Kier alpha value is -2.27. The number of ketones is 1. The number of aromatic nitrogens is 1. The number of benzene rings is 1. The van der Waals surface area contributed by atoms with Gasteiger partial charge in [-0.25, -0.2) is 0 Å². The highest BCUT2D eigenvalue weighted by Gasteiger charge is 2.28. The van der Waals surface area contributed by atoms with Crippen molar-refractivity contribution in [3.63, 3.8) is 0 Å². The van der Waals surface area contributed by atoms with E-state index in [0.717, 1.165) is 11.4 Å². The molecule has 0 N–H and O–H groups in total. The summed E-state index contributed by atoms with van der Waals surface area (Å²) in [4.78, 5) is 26.3. The molecule has 1 aliphatic rings. The smallest absolute Gasteiger partial charge is 0.265 e. The molecule has 0 saturated heterocycles. The Morgan fingerprint density at radius 2 is 2.04 bits per heavy atom. The first kappa shape index (κ1) is 15.6. The van der Waals surface area contributed by atoms with Crippen molar-refractivity contribution < 1.29 is 14.3 Å². The molecule has 0 atom stereocenters.